The first-order chi connectivity index (χ1) is 9.54. The molecule has 4 atom stereocenters. The van der Waals surface area contributed by atoms with E-state index in [2.05, 4.69) is 12.2 Å². The molecule has 0 spiro atoms. The maximum atomic E-state index is 12.5. The summed E-state index contributed by atoms with van der Waals surface area (Å²) >= 11 is 1.65. The molecule has 4 nitrogen and oxygen atoms in total. The van der Waals surface area contributed by atoms with E-state index in [4.69, 9.17) is 0 Å². The van der Waals surface area contributed by atoms with Crippen LogP contribution in [-0.2, 0) is 15.6 Å². The molecule has 0 saturated carbocycles. The summed E-state index contributed by atoms with van der Waals surface area (Å²) in [4.78, 5) is 15.5. The molecule has 0 aromatic carbocycles. The van der Waals surface area contributed by atoms with Crippen LogP contribution in [0.5, 0.6) is 0 Å². The van der Waals surface area contributed by atoms with Crippen LogP contribution in [0.15, 0.2) is 17.5 Å². The Morgan fingerprint density at radius 3 is 2.85 bits per heavy atom. The first kappa shape index (κ1) is 15.7. The zero-order chi connectivity index (χ0) is 14.7. The fourth-order valence-corrected chi connectivity index (χ4v) is 3.60. The highest BCUT2D eigenvalue weighted by Crippen LogP contribution is 2.30. The van der Waals surface area contributed by atoms with Crippen molar-refractivity contribution in [2.75, 3.05) is 12.8 Å². The maximum Gasteiger partial charge on any atom is 0.241 e. The SMILES string of the molecule is CCCC1NC(c2cccs2)N(CC(C)S(C)=O)C1=O. The van der Waals surface area contributed by atoms with Gasteiger partial charge in [-0.15, -0.1) is 11.3 Å². The molecule has 1 saturated heterocycles. The van der Waals surface area contributed by atoms with Gasteiger partial charge in [-0.1, -0.05) is 19.4 Å². The summed E-state index contributed by atoms with van der Waals surface area (Å²) in [6.07, 6.45) is 3.46. The van der Waals surface area contributed by atoms with Gasteiger partial charge in [-0.2, -0.15) is 0 Å². The van der Waals surface area contributed by atoms with Crippen LogP contribution in [0.25, 0.3) is 0 Å². The second-order valence-corrected chi connectivity index (χ2v) is 8.01. The van der Waals surface area contributed by atoms with E-state index >= 15 is 0 Å². The summed E-state index contributed by atoms with van der Waals surface area (Å²) in [6.45, 7) is 4.56. The van der Waals surface area contributed by atoms with Crippen molar-refractivity contribution in [3.63, 3.8) is 0 Å². The maximum absolute atomic E-state index is 12.5. The number of hydrogen-bond acceptors (Lipinski definition) is 4. The van der Waals surface area contributed by atoms with Gasteiger partial charge in [-0.3, -0.25) is 14.3 Å². The number of hydrogen-bond donors (Lipinski definition) is 1. The Bertz CT molecular complexity index is 476. The molecule has 0 radical (unpaired) electrons. The van der Waals surface area contributed by atoms with Crippen molar-refractivity contribution in [1.29, 1.82) is 0 Å². The van der Waals surface area contributed by atoms with Crippen LogP contribution in [0.3, 0.4) is 0 Å². The van der Waals surface area contributed by atoms with Gasteiger partial charge in [-0.05, 0) is 24.8 Å². The highest BCUT2D eigenvalue weighted by atomic mass is 32.2. The molecule has 1 aromatic rings. The highest BCUT2D eigenvalue weighted by molar-refractivity contribution is 7.84. The second-order valence-electron chi connectivity index (χ2n) is 5.23. The third-order valence-electron chi connectivity index (χ3n) is 3.66. The van der Waals surface area contributed by atoms with E-state index in [1.807, 2.05) is 29.3 Å². The molecule has 1 aliphatic rings. The van der Waals surface area contributed by atoms with Crippen molar-refractivity contribution in [1.82, 2.24) is 10.2 Å². The second kappa shape index (κ2) is 6.83. The van der Waals surface area contributed by atoms with Crippen LogP contribution in [-0.4, -0.2) is 39.1 Å². The van der Waals surface area contributed by atoms with Gasteiger partial charge in [0.05, 0.1) is 6.04 Å². The van der Waals surface area contributed by atoms with Crippen LogP contribution >= 0.6 is 11.3 Å². The van der Waals surface area contributed by atoms with E-state index in [0.29, 0.717) is 6.54 Å². The molecule has 1 fully saturated rings. The van der Waals surface area contributed by atoms with E-state index in [1.54, 1.807) is 17.6 Å². The molecule has 2 rings (SSSR count). The molecular weight excluding hydrogens is 292 g/mol. The summed E-state index contributed by atoms with van der Waals surface area (Å²) in [5, 5.41) is 5.44. The van der Waals surface area contributed by atoms with Crippen molar-refractivity contribution in [3.8, 4) is 0 Å². The van der Waals surface area contributed by atoms with Crippen molar-refractivity contribution < 1.29 is 9.00 Å². The Kier molecular flexibility index (Phi) is 5.35. The lowest BCUT2D eigenvalue weighted by molar-refractivity contribution is -0.130. The first-order valence-electron chi connectivity index (χ1n) is 6.96. The number of nitrogens with one attached hydrogen (secondary N) is 1. The number of carbonyl (C=O) groups is 1. The molecule has 0 aliphatic carbocycles. The van der Waals surface area contributed by atoms with E-state index < -0.39 is 10.8 Å². The summed E-state index contributed by atoms with van der Waals surface area (Å²) in [5.74, 6) is 0.141. The van der Waals surface area contributed by atoms with Crippen molar-refractivity contribution >= 4 is 28.0 Å². The van der Waals surface area contributed by atoms with Gasteiger partial charge in [0, 0.05) is 33.7 Å². The van der Waals surface area contributed by atoms with Gasteiger partial charge >= 0.3 is 0 Å². The fraction of sp³-hybridized carbons (Fsp3) is 0.643. The molecular formula is C14H22N2O2S2. The summed E-state index contributed by atoms with van der Waals surface area (Å²) < 4.78 is 11.6. The van der Waals surface area contributed by atoms with E-state index in [1.165, 1.54) is 0 Å². The summed E-state index contributed by atoms with van der Waals surface area (Å²) in [5.41, 5.74) is 0. The molecule has 20 heavy (non-hydrogen) atoms. The lowest BCUT2D eigenvalue weighted by Crippen LogP contribution is -2.37. The molecule has 1 aromatic heterocycles. The summed E-state index contributed by atoms with van der Waals surface area (Å²) in [6, 6.07) is 3.94. The Morgan fingerprint density at radius 2 is 2.30 bits per heavy atom. The molecule has 1 amide bonds. The minimum absolute atomic E-state index is 0.0106. The largest absolute Gasteiger partial charge is 0.320 e. The molecule has 112 valence electrons. The number of amides is 1. The minimum atomic E-state index is -0.916. The van der Waals surface area contributed by atoms with E-state index in [0.717, 1.165) is 17.7 Å². The Balaban J connectivity index is 2.19. The van der Waals surface area contributed by atoms with E-state index in [9.17, 15) is 9.00 Å². The molecule has 1 N–H and O–H groups in total. The topological polar surface area (TPSA) is 49.4 Å². The van der Waals surface area contributed by atoms with Gasteiger partial charge in [0.1, 0.15) is 6.17 Å². The Labute approximate surface area is 127 Å². The van der Waals surface area contributed by atoms with Gasteiger partial charge in [0.25, 0.3) is 0 Å². The van der Waals surface area contributed by atoms with Crippen LogP contribution in [0.2, 0.25) is 0 Å². The fourth-order valence-electron chi connectivity index (χ4n) is 2.43. The van der Waals surface area contributed by atoms with Crippen LogP contribution in [0, 0.1) is 0 Å². The third kappa shape index (κ3) is 3.30. The third-order valence-corrected chi connectivity index (χ3v) is 5.87. The standard InChI is InChI=1S/C14H22N2O2S2/c1-4-6-11-14(17)16(9-10(2)20(3)18)13(15-11)12-7-5-8-19-12/h5,7-8,10-11,13,15H,4,6,9H2,1-3H3. The molecule has 6 heteroatoms. The smallest absolute Gasteiger partial charge is 0.241 e. The van der Waals surface area contributed by atoms with Crippen LogP contribution in [0.1, 0.15) is 37.7 Å². The highest BCUT2D eigenvalue weighted by Gasteiger charge is 2.40. The predicted octanol–water partition coefficient (Wildman–Crippen LogP) is 2.11. The monoisotopic (exact) mass is 314 g/mol. The average molecular weight is 314 g/mol. The zero-order valence-corrected chi connectivity index (χ0v) is 13.8. The van der Waals surface area contributed by atoms with Gasteiger partial charge < -0.3 is 4.90 Å². The van der Waals surface area contributed by atoms with Gasteiger partial charge in [0.15, 0.2) is 0 Å². The number of rotatable bonds is 6. The van der Waals surface area contributed by atoms with E-state index in [-0.39, 0.29) is 23.4 Å². The van der Waals surface area contributed by atoms with Gasteiger partial charge in [0.2, 0.25) is 5.91 Å². The predicted molar refractivity (Wildman–Crippen MR) is 84.1 cm³/mol. The average Bonchev–Trinajstić information content (AvgIpc) is 3.02. The zero-order valence-electron chi connectivity index (χ0n) is 12.2. The lowest BCUT2D eigenvalue weighted by Gasteiger charge is -2.25. The molecule has 4 unspecified atom stereocenters. The van der Waals surface area contributed by atoms with Crippen molar-refractivity contribution in [2.24, 2.45) is 0 Å². The normalized spacial score (nSPS) is 25.9. The number of thiophene rings is 1. The minimum Gasteiger partial charge on any atom is -0.320 e. The number of nitrogens with zero attached hydrogens (tertiary/aromatic N) is 1. The molecule has 0 bridgehead atoms. The van der Waals surface area contributed by atoms with Crippen LogP contribution in [0.4, 0.5) is 0 Å². The quantitative estimate of drug-likeness (QED) is 0.875. The Morgan fingerprint density at radius 1 is 1.55 bits per heavy atom. The Hall–Kier alpha value is -0.720. The lowest BCUT2D eigenvalue weighted by atomic mass is 10.2. The molecule has 2 heterocycles. The van der Waals surface area contributed by atoms with Crippen molar-refractivity contribution in [2.45, 2.75) is 44.1 Å². The molecule has 1 aliphatic heterocycles. The van der Waals surface area contributed by atoms with Gasteiger partial charge in [-0.25, -0.2) is 0 Å². The number of carbonyl (C=O) groups excluding carboxylic acids is 1. The van der Waals surface area contributed by atoms with Crippen LogP contribution < -0.4 is 5.32 Å². The summed E-state index contributed by atoms with van der Waals surface area (Å²) in [7, 11) is -0.916. The first-order valence-corrected chi connectivity index (χ1v) is 9.46. The van der Waals surface area contributed by atoms with Crippen molar-refractivity contribution in [3.05, 3.63) is 22.4 Å².